The first-order chi connectivity index (χ1) is 13.5. The summed E-state index contributed by atoms with van der Waals surface area (Å²) in [5.74, 6) is 0.0483. The van der Waals surface area contributed by atoms with Crippen LogP contribution in [0.2, 0.25) is 5.02 Å². The van der Waals surface area contributed by atoms with Gasteiger partial charge in [-0.1, -0.05) is 11.6 Å². The van der Waals surface area contributed by atoms with E-state index in [9.17, 15) is 4.79 Å². The van der Waals surface area contributed by atoms with Crippen LogP contribution in [-0.4, -0.2) is 56.3 Å². The van der Waals surface area contributed by atoms with E-state index in [0.29, 0.717) is 16.3 Å². The van der Waals surface area contributed by atoms with Crippen LogP contribution in [0, 0.1) is 0 Å². The topological polar surface area (TPSA) is 56.8 Å². The fourth-order valence-corrected chi connectivity index (χ4v) is 3.39. The van der Waals surface area contributed by atoms with E-state index in [-0.39, 0.29) is 11.0 Å². The summed E-state index contributed by atoms with van der Waals surface area (Å²) in [4.78, 5) is 17.2. The molecule has 0 bridgehead atoms. The zero-order chi connectivity index (χ0) is 20.1. The second kappa shape index (κ2) is 9.23. The molecule has 1 aliphatic rings. The molecule has 0 unspecified atom stereocenters. The highest BCUT2D eigenvalue weighted by Crippen LogP contribution is 2.23. The number of anilines is 2. The number of hydrogen-bond donors (Lipinski definition) is 2. The van der Waals surface area contributed by atoms with Crippen molar-refractivity contribution in [2.24, 2.45) is 0 Å². The summed E-state index contributed by atoms with van der Waals surface area (Å²) in [6.45, 7) is 4.14. The van der Waals surface area contributed by atoms with Crippen LogP contribution in [0.25, 0.3) is 0 Å². The Kier molecular flexibility index (Phi) is 6.72. The van der Waals surface area contributed by atoms with Gasteiger partial charge in [-0.2, -0.15) is 0 Å². The molecule has 0 saturated carbocycles. The van der Waals surface area contributed by atoms with Crippen molar-refractivity contribution in [1.29, 1.82) is 0 Å². The highest BCUT2D eigenvalue weighted by Gasteiger charge is 2.16. The van der Waals surface area contributed by atoms with Crippen LogP contribution >= 0.6 is 23.8 Å². The molecule has 1 amide bonds. The molecule has 0 spiro atoms. The average molecular weight is 419 g/mol. The minimum atomic E-state index is -0.383. The number of methoxy groups -OCH3 is 1. The Labute approximate surface area is 175 Å². The second-order valence-corrected chi connectivity index (χ2v) is 7.43. The number of benzene rings is 2. The summed E-state index contributed by atoms with van der Waals surface area (Å²) in [7, 11) is 3.64. The van der Waals surface area contributed by atoms with Crippen LogP contribution in [0.1, 0.15) is 10.4 Å². The molecule has 3 rings (SSSR count). The molecule has 6 nitrogen and oxygen atoms in total. The van der Waals surface area contributed by atoms with Crippen molar-refractivity contribution >= 4 is 46.2 Å². The Bertz CT molecular complexity index is 852. The summed E-state index contributed by atoms with van der Waals surface area (Å²) < 4.78 is 5.21. The predicted molar refractivity (Wildman–Crippen MR) is 118 cm³/mol. The molecule has 0 aromatic heterocycles. The Morgan fingerprint density at radius 3 is 2.43 bits per heavy atom. The van der Waals surface area contributed by atoms with Gasteiger partial charge in [-0.25, -0.2) is 0 Å². The summed E-state index contributed by atoms with van der Waals surface area (Å²) in [6, 6.07) is 12.9. The molecule has 0 radical (unpaired) electrons. The third-order valence-electron chi connectivity index (χ3n) is 4.63. The molecule has 148 valence electrons. The lowest BCUT2D eigenvalue weighted by molar-refractivity contribution is 0.0975. The molecular weight excluding hydrogens is 396 g/mol. The molecule has 1 fully saturated rings. The summed E-state index contributed by atoms with van der Waals surface area (Å²) >= 11 is 11.2. The quantitative estimate of drug-likeness (QED) is 0.743. The number of piperazine rings is 1. The van der Waals surface area contributed by atoms with Crippen molar-refractivity contribution in [1.82, 2.24) is 10.2 Å². The Morgan fingerprint density at radius 2 is 1.79 bits per heavy atom. The van der Waals surface area contributed by atoms with Crippen molar-refractivity contribution in [3.8, 4) is 5.75 Å². The van der Waals surface area contributed by atoms with Crippen molar-refractivity contribution in [2.45, 2.75) is 0 Å². The first-order valence-electron chi connectivity index (χ1n) is 8.95. The molecule has 1 aliphatic heterocycles. The number of rotatable bonds is 4. The van der Waals surface area contributed by atoms with E-state index in [4.69, 9.17) is 28.6 Å². The maximum Gasteiger partial charge on any atom is 0.261 e. The first kappa shape index (κ1) is 20.4. The zero-order valence-corrected chi connectivity index (χ0v) is 17.4. The van der Waals surface area contributed by atoms with Gasteiger partial charge < -0.3 is 19.9 Å². The molecule has 0 atom stereocenters. The van der Waals surface area contributed by atoms with Gasteiger partial charge in [0, 0.05) is 42.6 Å². The van der Waals surface area contributed by atoms with E-state index in [2.05, 4.69) is 39.6 Å². The van der Waals surface area contributed by atoms with Crippen molar-refractivity contribution < 1.29 is 9.53 Å². The van der Waals surface area contributed by atoms with Gasteiger partial charge in [0.2, 0.25) is 0 Å². The molecule has 0 aliphatic carbocycles. The first-order valence-corrected chi connectivity index (χ1v) is 9.74. The Hall–Kier alpha value is -2.35. The third-order valence-corrected chi connectivity index (χ3v) is 5.07. The fraction of sp³-hybridized carbons (Fsp3) is 0.300. The maximum atomic E-state index is 12.5. The predicted octanol–water partition coefficient (Wildman–Crippen LogP) is 3.23. The fourth-order valence-electron chi connectivity index (χ4n) is 3.01. The van der Waals surface area contributed by atoms with E-state index in [1.807, 2.05) is 12.1 Å². The number of carbonyl (C=O) groups excluding carboxylic acids is 1. The van der Waals surface area contributed by atoms with Crippen LogP contribution in [-0.2, 0) is 0 Å². The number of carbonyl (C=O) groups is 1. The SMILES string of the molecule is COc1ccc(Cl)cc1C(=O)NC(=S)Nc1ccc(N2CCN(C)CC2)cc1. The van der Waals surface area contributed by atoms with Gasteiger partial charge in [0.15, 0.2) is 5.11 Å². The molecular formula is C20H23ClN4O2S. The van der Waals surface area contributed by atoms with E-state index >= 15 is 0 Å². The van der Waals surface area contributed by atoms with Crippen LogP contribution in [0.15, 0.2) is 42.5 Å². The zero-order valence-electron chi connectivity index (χ0n) is 15.9. The van der Waals surface area contributed by atoms with Gasteiger partial charge in [0.1, 0.15) is 5.75 Å². The number of thiocarbonyl (C=S) groups is 1. The standard InChI is InChI=1S/C20H23ClN4O2S/c1-24-9-11-25(12-10-24)16-6-4-15(5-7-16)22-20(28)23-19(26)17-13-14(21)3-8-18(17)27-2/h3-8,13H,9-12H2,1-2H3,(H2,22,23,26,28). The van der Waals surface area contributed by atoms with Crippen molar-refractivity contribution in [3.63, 3.8) is 0 Å². The minimum Gasteiger partial charge on any atom is -0.496 e. The minimum absolute atomic E-state index is 0.208. The lowest BCUT2D eigenvalue weighted by atomic mass is 10.2. The normalized spacial score (nSPS) is 14.5. The molecule has 1 saturated heterocycles. The van der Waals surface area contributed by atoms with Gasteiger partial charge in [-0.05, 0) is 61.7 Å². The molecule has 8 heteroatoms. The number of amides is 1. The summed E-state index contributed by atoms with van der Waals surface area (Å²) in [5.41, 5.74) is 2.31. The number of likely N-dealkylation sites (N-methyl/N-ethyl adjacent to an activating group) is 1. The number of nitrogens with zero attached hydrogens (tertiary/aromatic N) is 2. The molecule has 2 aromatic carbocycles. The van der Waals surface area contributed by atoms with Crippen LogP contribution in [0.3, 0.4) is 0 Å². The van der Waals surface area contributed by atoms with Gasteiger partial charge >= 0.3 is 0 Å². The Morgan fingerprint density at radius 1 is 1.11 bits per heavy atom. The molecule has 2 N–H and O–H groups in total. The Balaban J connectivity index is 1.59. The number of nitrogens with one attached hydrogen (secondary N) is 2. The maximum absolute atomic E-state index is 12.5. The molecule has 1 heterocycles. The summed E-state index contributed by atoms with van der Waals surface area (Å²) in [5, 5.41) is 6.34. The van der Waals surface area contributed by atoms with Gasteiger partial charge in [-0.3, -0.25) is 10.1 Å². The highest BCUT2D eigenvalue weighted by atomic mass is 35.5. The second-order valence-electron chi connectivity index (χ2n) is 6.59. The molecule has 28 heavy (non-hydrogen) atoms. The third kappa shape index (κ3) is 5.13. The number of ether oxygens (including phenoxy) is 1. The lowest BCUT2D eigenvalue weighted by Crippen LogP contribution is -2.44. The highest BCUT2D eigenvalue weighted by molar-refractivity contribution is 7.80. The van der Waals surface area contributed by atoms with Crippen LogP contribution < -0.4 is 20.3 Å². The monoisotopic (exact) mass is 418 g/mol. The van der Waals surface area contributed by atoms with Crippen molar-refractivity contribution in [2.75, 3.05) is 50.6 Å². The lowest BCUT2D eigenvalue weighted by Gasteiger charge is -2.34. The van der Waals surface area contributed by atoms with E-state index in [1.54, 1.807) is 18.2 Å². The van der Waals surface area contributed by atoms with Crippen molar-refractivity contribution in [3.05, 3.63) is 53.1 Å². The average Bonchev–Trinajstić information content (AvgIpc) is 2.69. The van der Waals surface area contributed by atoms with Crippen LogP contribution in [0.5, 0.6) is 5.75 Å². The van der Waals surface area contributed by atoms with Crippen LogP contribution in [0.4, 0.5) is 11.4 Å². The van der Waals surface area contributed by atoms with Gasteiger partial charge in [0.05, 0.1) is 12.7 Å². The molecule has 2 aromatic rings. The van der Waals surface area contributed by atoms with E-state index in [1.165, 1.54) is 12.8 Å². The largest absolute Gasteiger partial charge is 0.496 e. The van der Waals surface area contributed by atoms with Gasteiger partial charge in [0.25, 0.3) is 5.91 Å². The van der Waals surface area contributed by atoms with E-state index in [0.717, 1.165) is 31.9 Å². The smallest absolute Gasteiger partial charge is 0.261 e. The summed E-state index contributed by atoms with van der Waals surface area (Å²) in [6.07, 6.45) is 0. The number of hydrogen-bond acceptors (Lipinski definition) is 5. The number of halogens is 1. The van der Waals surface area contributed by atoms with E-state index < -0.39 is 0 Å². The van der Waals surface area contributed by atoms with Gasteiger partial charge in [-0.15, -0.1) is 0 Å².